The fraction of sp³-hybridized carbons (Fsp3) is 0.263. The van der Waals surface area contributed by atoms with Gasteiger partial charge in [0.25, 0.3) is 0 Å². The fourth-order valence-corrected chi connectivity index (χ4v) is 3.69. The molecule has 0 heterocycles. The number of esters is 2. The Hall–Kier alpha value is -1.86. The molecule has 0 amide bonds. The lowest BCUT2D eigenvalue weighted by Gasteiger charge is -2.12. The first-order valence-corrected chi connectivity index (χ1v) is 9.45. The first-order chi connectivity index (χ1) is 12.3. The molecular weight excluding hydrogens is 468 g/mol. The number of carbonyl (C=O) groups excluding carboxylic acids is 2. The summed E-state index contributed by atoms with van der Waals surface area (Å²) in [7, 11) is 0. The highest BCUT2D eigenvalue weighted by Gasteiger charge is 2.14. The number of halogens is 2. The molecule has 0 aliphatic heterocycles. The smallest absolute Gasteiger partial charge is 0.349 e. The quantitative estimate of drug-likeness (QED) is 0.422. The second kappa shape index (κ2) is 9.19. The minimum absolute atomic E-state index is 0.227. The number of aryl methyl sites for hydroxylation is 1. The molecule has 0 aromatic heterocycles. The Balaban J connectivity index is 1.99. The highest BCUT2D eigenvalue weighted by molar-refractivity contribution is 9.11. The largest absolute Gasteiger partial charge is 0.480 e. The molecule has 2 aromatic carbocycles. The van der Waals surface area contributed by atoms with Crippen molar-refractivity contribution in [3.8, 4) is 11.5 Å². The van der Waals surface area contributed by atoms with Crippen molar-refractivity contribution < 1.29 is 23.8 Å². The predicted octanol–water partition coefficient (Wildman–Crippen LogP) is 5.07. The van der Waals surface area contributed by atoms with Crippen LogP contribution in [0.2, 0.25) is 0 Å². The maximum absolute atomic E-state index is 12.0. The summed E-state index contributed by atoms with van der Waals surface area (Å²) in [5, 5.41) is 0. The van der Waals surface area contributed by atoms with E-state index in [2.05, 4.69) is 31.9 Å². The summed E-state index contributed by atoms with van der Waals surface area (Å²) in [6.07, 6.45) is -0.227. The van der Waals surface area contributed by atoms with Crippen molar-refractivity contribution in [1.29, 1.82) is 0 Å². The van der Waals surface area contributed by atoms with E-state index in [9.17, 15) is 9.59 Å². The van der Waals surface area contributed by atoms with Crippen LogP contribution in [0.3, 0.4) is 0 Å². The van der Waals surface area contributed by atoms with Crippen LogP contribution in [0.25, 0.3) is 0 Å². The number of benzene rings is 2. The molecule has 0 saturated heterocycles. The van der Waals surface area contributed by atoms with Crippen LogP contribution in [0, 0.1) is 6.92 Å². The molecule has 138 valence electrons. The van der Waals surface area contributed by atoms with Gasteiger partial charge in [0.15, 0.2) is 6.61 Å². The van der Waals surface area contributed by atoms with Crippen molar-refractivity contribution in [1.82, 2.24) is 0 Å². The minimum Gasteiger partial charge on any atom is -0.480 e. The van der Waals surface area contributed by atoms with Crippen molar-refractivity contribution in [2.45, 2.75) is 26.9 Å². The van der Waals surface area contributed by atoms with E-state index >= 15 is 0 Å². The first kappa shape index (κ1) is 20.5. The number of rotatable bonds is 6. The van der Waals surface area contributed by atoms with E-state index in [0.717, 1.165) is 14.5 Å². The van der Waals surface area contributed by atoms with Crippen LogP contribution in [0.5, 0.6) is 11.5 Å². The van der Waals surface area contributed by atoms with Gasteiger partial charge in [0.05, 0.1) is 16.1 Å². The van der Waals surface area contributed by atoms with Crippen LogP contribution in [-0.2, 0) is 9.53 Å². The second-order valence-electron chi connectivity index (χ2n) is 5.78. The molecule has 0 atom stereocenters. The van der Waals surface area contributed by atoms with Gasteiger partial charge in [-0.1, -0.05) is 22.0 Å². The van der Waals surface area contributed by atoms with Crippen molar-refractivity contribution in [2.24, 2.45) is 0 Å². The third-order valence-corrected chi connectivity index (χ3v) is 4.22. The summed E-state index contributed by atoms with van der Waals surface area (Å²) < 4.78 is 17.6. The van der Waals surface area contributed by atoms with E-state index in [-0.39, 0.29) is 18.5 Å². The Morgan fingerprint density at radius 1 is 1.12 bits per heavy atom. The van der Waals surface area contributed by atoms with Crippen LogP contribution in [0.1, 0.15) is 29.8 Å². The highest BCUT2D eigenvalue weighted by atomic mass is 79.9. The molecule has 0 radical (unpaired) electrons. The number of hydrogen-bond acceptors (Lipinski definition) is 5. The Bertz CT molecular complexity index is 794. The van der Waals surface area contributed by atoms with E-state index in [4.69, 9.17) is 14.2 Å². The number of hydrogen-bond donors (Lipinski definition) is 0. The molecule has 5 nitrogen and oxygen atoms in total. The Morgan fingerprint density at radius 2 is 1.85 bits per heavy atom. The van der Waals surface area contributed by atoms with E-state index in [1.807, 2.05) is 19.1 Å². The van der Waals surface area contributed by atoms with Gasteiger partial charge >= 0.3 is 11.9 Å². The molecule has 0 unspecified atom stereocenters. The SMILES string of the molecule is Cc1cc(Br)cc(Br)c1OCC(=O)Oc1cccc(C(=O)OC(C)C)c1. The number of carbonyl (C=O) groups is 2. The molecule has 2 aromatic rings. The molecule has 26 heavy (non-hydrogen) atoms. The van der Waals surface area contributed by atoms with Crippen LogP contribution in [0.4, 0.5) is 0 Å². The third-order valence-electron chi connectivity index (χ3n) is 3.17. The average Bonchev–Trinajstić information content (AvgIpc) is 2.53. The summed E-state index contributed by atoms with van der Waals surface area (Å²) in [6.45, 7) is 5.14. The zero-order chi connectivity index (χ0) is 19.3. The molecular formula is C19H18Br2O5. The van der Waals surface area contributed by atoms with Gasteiger partial charge in [-0.25, -0.2) is 9.59 Å². The molecule has 0 saturated carbocycles. The Kier molecular flexibility index (Phi) is 7.23. The average molecular weight is 486 g/mol. The van der Waals surface area contributed by atoms with Crippen molar-refractivity contribution in [3.05, 3.63) is 56.5 Å². The van der Waals surface area contributed by atoms with Crippen molar-refractivity contribution >= 4 is 43.8 Å². The van der Waals surface area contributed by atoms with E-state index in [1.165, 1.54) is 6.07 Å². The maximum atomic E-state index is 12.0. The van der Waals surface area contributed by atoms with Gasteiger partial charge < -0.3 is 14.2 Å². The lowest BCUT2D eigenvalue weighted by atomic mass is 10.2. The summed E-state index contributed by atoms with van der Waals surface area (Å²) in [5.74, 6) is -0.222. The normalized spacial score (nSPS) is 10.5. The molecule has 0 bridgehead atoms. The lowest BCUT2D eigenvalue weighted by molar-refractivity contribution is -0.136. The highest BCUT2D eigenvalue weighted by Crippen LogP contribution is 2.32. The Labute approximate surface area is 168 Å². The number of ether oxygens (including phenoxy) is 3. The topological polar surface area (TPSA) is 61.8 Å². The first-order valence-electron chi connectivity index (χ1n) is 7.86. The monoisotopic (exact) mass is 484 g/mol. The molecule has 2 rings (SSSR count). The molecule has 0 fully saturated rings. The standard InChI is InChI=1S/C19H18Br2O5/c1-11(2)25-19(23)13-5-4-6-15(8-13)26-17(22)10-24-18-12(3)7-14(20)9-16(18)21/h4-9,11H,10H2,1-3H3. The summed E-state index contributed by atoms with van der Waals surface area (Å²) in [4.78, 5) is 24.0. The zero-order valence-electron chi connectivity index (χ0n) is 14.5. The van der Waals surface area contributed by atoms with Gasteiger partial charge in [-0.05, 0) is 72.6 Å². The van der Waals surface area contributed by atoms with Gasteiger partial charge in [-0.3, -0.25) is 0 Å². The molecule has 0 spiro atoms. The van der Waals surface area contributed by atoms with Crippen LogP contribution >= 0.6 is 31.9 Å². The lowest BCUT2D eigenvalue weighted by Crippen LogP contribution is -2.18. The van der Waals surface area contributed by atoms with Gasteiger partial charge in [-0.15, -0.1) is 0 Å². The van der Waals surface area contributed by atoms with Crippen molar-refractivity contribution in [3.63, 3.8) is 0 Å². The predicted molar refractivity (Wildman–Crippen MR) is 105 cm³/mol. The van der Waals surface area contributed by atoms with E-state index < -0.39 is 11.9 Å². The summed E-state index contributed by atoms with van der Waals surface area (Å²) in [5.41, 5.74) is 1.19. The fourth-order valence-electron chi connectivity index (χ4n) is 2.13. The molecule has 0 aliphatic carbocycles. The van der Waals surface area contributed by atoms with E-state index in [0.29, 0.717) is 11.3 Å². The summed E-state index contributed by atoms with van der Waals surface area (Å²) in [6, 6.07) is 9.98. The molecule has 0 aliphatic rings. The van der Waals surface area contributed by atoms with Gasteiger partial charge in [0, 0.05) is 4.47 Å². The van der Waals surface area contributed by atoms with Gasteiger partial charge in [-0.2, -0.15) is 0 Å². The molecule has 7 heteroatoms. The third kappa shape index (κ3) is 5.85. The maximum Gasteiger partial charge on any atom is 0.349 e. The van der Waals surface area contributed by atoms with Crippen LogP contribution in [0.15, 0.2) is 45.3 Å². The van der Waals surface area contributed by atoms with Crippen LogP contribution < -0.4 is 9.47 Å². The van der Waals surface area contributed by atoms with Gasteiger partial charge in [0.2, 0.25) is 0 Å². The van der Waals surface area contributed by atoms with Gasteiger partial charge in [0.1, 0.15) is 11.5 Å². The van der Waals surface area contributed by atoms with Crippen LogP contribution in [-0.4, -0.2) is 24.6 Å². The minimum atomic E-state index is -0.575. The Morgan fingerprint density at radius 3 is 2.50 bits per heavy atom. The van der Waals surface area contributed by atoms with Crippen molar-refractivity contribution in [2.75, 3.05) is 6.61 Å². The molecule has 0 N–H and O–H groups in total. The zero-order valence-corrected chi connectivity index (χ0v) is 17.7. The summed E-state index contributed by atoms with van der Waals surface area (Å²) >= 11 is 6.79. The second-order valence-corrected chi connectivity index (χ2v) is 7.55. The van der Waals surface area contributed by atoms with E-state index in [1.54, 1.807) is 32.0 Å².